The second-order valence-corrected chi connectivity index (χ2v) is 4.09. The van der Waals surface area contributed by atoms with E-state index in [-0.39, 0.29) is 12.5 Å². The lowest BCUT2D eigenvalue weighted by Crippen LogP contribution is -2.19. The molecule has 1 aliphatic rings. The van der Waals surface area contributed by atoms with Crippen LogP contribution in [0.5, 0.6) is 0 Å². The molecule has 1 heterocycles. The van der Waals surface area contributed by atoms with Crippen molar-refractivity contribution in [2.24, 2.45) is 0 Å². The van der Waals surface area contributed by atoms with Crippen molar-refractivity contribution >= 4 is 23.1 Å². The number of nitrogens with one attached hydrogen (secondary N) is 1. The molecule has 0 saturated heterocycles. The van der Waals surface area contributed by atoms with Crippen LogP contribution in [0.3, 0.4) is 0 Å². The molecule has 1 aliphatic heterocycles. The van der Waals surface area contributed by atoms with E-state index in [4.69, 9.17) is 5.11 Å². The number of amides is 1. The van der Waals surface area contributed by atoms with E-state index in [2.05, 4.69) is 5.32 Å². The number of carbonyl (C=O) groups excluding carboxylic acids is 1. The lowest BCUT2D eigenvalue weighted by molar-refractivity contribution is -0.131. The highest BCUT2D eigenvalue weighted by molar-refractivity contribution is 5.95. The van der Waals surface area contributed by atoms with Crippen LogP contribution in [0.2, 0.25) is 0 Å². The fraction of sp³-hybridized carbons (Fsp3) is 0.231. The predicted molar refractivity (Wildman–Crippen MR) is 66.1 cm³/mol. The molecule has 5 heteroatoms. The minimum Gasteiger partial charge on any atom is -0.478 e. The van der Waals surface area contributed by atoms with Crippen molar-refractivity contribution in [1.82, 2.24) is 0 Å². The Morgan fingerprint density at radius 2 is 2.17 bits per heavy atom. The smallest absolute Gasteiger partial charge is 0.328 e. The first kappa shape index (κ1) is 12.3. The summed E-state index contributed by atoms with van der Waals surface area (Å²) in [6.45, 7) is -0.336. The molecule has 0 bridgehead atoms. The largest absolute Gasteiger partial charge is 0.478 e. The van der Waals surface area contributed by atoms with E-state index in [0.717, 1.165) is 17.3 Å². The number of hydrogen-bond acceptors (Lipinski definition) is 3. The van der Waals surface area contributed by atoms with E-state index in [1.165, 1.54) is 0 Å². The molecule has 0 unspecified atom stereocenters. The molecule has 1 aromatic carbocycles. The molecule has 0 aliphatic carbocycles. The normalized spacial score (nSPS) is 14.9. The van der Waals surface area contributed by atoms with Gasteiger partial charge in [-0.1, -0.05) is 6.07 Å². The molecule has 2 rings (SSSR count). The van der Waals surface area contributed by atoms with Gasteiger partial charge in [-0.25, -0.2) is 4.79 Å². The molecule has 1 amide bonds. The average molecular weight is 247 g/mol. The summed E-state index contributed by atoms with van der Waals surface area (Å²) in [7, 11) is 0. The Hall–Kier alpha value is -2.14. The van der Waals surface area contributed by atoms with Crippen LogP contribution in [0.25, 0.3) is 5.57 Å². The van der Waals surface area contributed by atoms with Crippen LogP contribution >= 0.6 is 0 Å². The first-order chi connectivity index (χ1) is 8.60. The maximum absolute atomic E-state index is 11.2. The monoisotopic (exact) mass is 247 g/mol. The minimum absolute atomic E-state index is 0.0151. The molecule has 1 aromatic rings. The van der Waals surface area contributed by atoms with E-state index in [1.54, 1.807) is 18.2 Å². The number of benzene rings is 1. The third-order valence-electron chi connectivity index (χ3n) is 2.84. The van der Waals surface area contributed by atoms with Crippen LogP contribution in [0.1, 0.15) is 17.5 Å². The van der Waals surface area contributed by atoms with Crippen molar-refractivity contribution in [3.05, 3.63) is 35.4 Å². The van der Waals surface area contributed by atoms with Gasteiger partial charge in [0.1, 0.15) is 0 Å². The Bertz CT molecular complexity index is 534. The molecular formula is C13H13NO4. The van der Waals surface area contributed by atoms with Gasteiger partial charge in [0.05, 0.1) is 6.61 Å². The Morgan fingerprint density at radius 3 is 2.83 bits per heavy atom. The van der Waals surface area contributed by atoms with Crippen LogP contribution < -0.4 is 5.32 Å². The molecule has 5 nitrogen and oxygen atoms in total. The van der Waals surface area contributed by atoms with Gasteiger partial charge in [-0.05, 0) is 35.3 Å². The topological polar surface area (TPSA) is 86.6 Å². The summed E-state index contributed by atoms with van der Waals surface area (Å²) in [4.78, 5) is 21.8. The number of anilines is 1. The fourth-order valence-corrected chi connectivity index (χ4v) is 1.95. The van der Waals surface area contributed by atoms with Gasteiger partial charge < -0.3 is 15.5 Å². The van der Waals surface area contributed by atoms with Gasteiger partial charge >= 0.3 is 5.97 Å². The van der Waals surface area contributed by atoms with E-state index >= 15 is 0 Å². The maximum Gasteiger partial charge on any atom is 0.328 e. The number of carboxylic acids is 1. The summed E-state index contributed by atoms with van der Waals surface area (Å²) in [5, 5.41) is 20.6. The number of carbonyl (C=O) groups is 2. The van der Waals surface area contributed by atoms with Gasteiger partial charge in [0.25, 0.3) is 0 Å². The number of carboxylic acid groups (broad SMARTS) is 1. The standard InChI is InChI=1S/C13H13NO4/c15-7-10(6-13(17)18)8-1-3-11-9(5-8)2-4-12(16)14-11/h1,3,5-6,15H,2,4,7H2,(H,14,16)(H,17,18)/b10-6+. The second-order valence-electron chi connectivity index (χ2n) is 4.09. The summed E-state index contributed by atoms with van der Waals surface area (Å²) in [5.74, 6) is -1.11. The minimum atomic E-state index is -1.09. The number of aliphatic hydroxyl groups is 1. The van der Waals surface area contributed by atoms with Crippen LogP contribution in [0.15, 0.2) is 24.3 Å². The first-order valence-corrected chi connectivity index (χ1v) is 5.57. The Balaban J connectivity index is 2.36. The van der Waals surface area contributed by atoms with Crippen molar-refractivity contribution in [1.29, 1.82) is 0 Å². The highest BCUT2D eigenvalue weighted by Gasteiger charge is 2.15. The molecule has 0 fully saturated rings. The zero-order valence-electron chi connectivity index (χ0n) is 9.64. The molecule has 94 valence electrons. The third kappa shape index (κ3) is 2.57. The maximum atomic E-state index is 11.2. The zero-order valence-corrected chi connectivity index (χ0v) is 9.64. The van der Waals surface area contributed by atoms with Crippen LogP contribution in [-0.2, 0) is 16.0 Å². The number of rotatable bonds is 3. The van der Waals surface area contributed by atoms with Gasteiger partial charge in [0, 0.05) is 18.2 Å². The fourth-order valence-electron chi connectivity index (χ4n) is 1.95. The third-order valence-corrected chi connectivity index (χ3v) is 2.84. The van der Waals surface area contributed by atoms with Gasteiger partial charge in [0.2, 0.25) is 5.91 Å². The van der Waals surface area contributed by atoms with Crippen molar-refractivity contribution in [3.8, 4) is 0 Å². The quantitative estimate of drug-likeness (QED) is 0.696. The van der Waals surface area contributed by atoms with Gasteiger partial charge in [0.15, 0.2) is 0 Å². The number of aliphatic hydroxyl groups excluding tert-OH is 1. The van der Waals surface area contributed by atoms with Crippen molar-refractivity contribution in [2.75, 3.05) is 11.9 Å². The summed E-state index contributed by atoms with van der Waals surface area (Å²) in [6, 6.07) is 5.22. The molecule has 0 radical (unpaired) electrons. The highest BCUT2D eigenvalue weighted by atomic mass is 16.4. The van der Waals surface area contributed by atoms with Gasteiger partial charge in [-0.3, -0.25) is 4.79 Å². The molecular weight excluding hydrogens is 234 g/mol. The van der Waals surface area contributed by atoms with Crippen LogP contribution in [0.4, 0.5) is 5.69 Å². The summed E-state index contributed by atoms with van der Waals surface area (Å²) in [6.07, 6.45) is 2.04. The molecule has 0 spiro atoms. The zero-order chi connectivity index (χ0) is 13.1. The van der Waals surface area contributed by atoms with E-state index < -0.39 is 5.97 Å². The highest BCUT2D eigenvalue weighted by Crippen LogP contribution is 2.26. The van der Waals surface area contributed by atoms with Crippen molar-refractivity contribution in [2.45, 2.75) is 12.8 Å². The lowest BCUT2D eigenvalue weighted by atomic mass is 9.97. The van der Waals surface area contributed by atoms with Crippen molar-refractivity contribution < 1.29 is 19.8 Å². The van der Waals surface area contributed by atoms with Crippen LogP contribution in [0, 0.1) is 0 Å². The molecule has 0 aromatic heterocycles. The molecule has 0 atom stereocenters. The van der Waals surface area contributed by atoms with Gasteiger partial charge in [-0.2, -0.15) is 0 Å². The Morgan fingerprint density at radius 1 is 1.39 bits per heavy atom. The van der Waals surface area contributed by atoms with Gasteiger partial charge in [-0.15, -0.1) is 0 Å². The molecule has 3 N–H and O–H groups in total. The average Bonchev–Trinajstić information content (AvgIpc) is 2.35. The number of aryl methyl sites for hydroxylation is 1. The molecule has 18 heavy (non-hydrogen) atoms. The van der Waals surface area contributed by atoms with Crippen LogP contribution in [-0.4, -0.2) is 28.7 Å². The number of hydrogen-bond donors (Lipinski definition) is 3. The second kappa shape index (κ2) is 5.01. The Kier molecular flexibility index (Phi) is 3.43. The van der Waals surface area contributed by atoms with E-state index in [0.29, 0.717) is 24.0 Å². The number of fused-ring (bicyclic) bond motifs is 1. The first-order valence-electron chi connectivity index (χ1n) is 5.57. The Labute approximate surface area is 104 Å². The molecule has 0 saturated carbocycles. The summed E-state index contributed by atoms with van der Waals surface area (Å²) in [5.41, 5.74) is 2.72. The SMILES string of the molecule is O=C(O)/C=C(\CO)c1ccc2c(c1)CCC(=O)N2. The number of aliphatic carboxylic acids is 1. The predicted octanol–water partition coefficient (Wildman–Crippen LogP) is 1.03. The summed E-state index contributed by atoms with van der Waals surface area (Å²) < 4.78 is 0. The van der Waals surface area contributed by atoms with E-state index in [9.17, 15) is 14.7 Å². The van der Waals surface area contributed by atoms with Crippen molar-refractivity contribution in [3.63, 3.8) is 0 Å². The lowest BCUT2D eigenvalue weighted by Gasteiger charge is -2.18. The summed E-state index contributed by atoms with van der Waals surface area (Å²) >= 11 is 0. The van der Waals surface area contributed by atoms with E-state index in [1.807, 2.05) is 0 Å².